The molecule has 0 unspecified atom stereocenters. The van der Waals surface area contributed by atoms with Crippen molar-refractivity contribution in [2.75, 3.05) is 0 Å². The van der Waals surface area contributed by atoms with Crippen molar-refractivity contribution in [3.8, 4) is 55.6 Å². The van der Waals surface area contributed by atoms with E-state index < -0.39 is 0 Å². The van der Waals surface area contributed by atoms with E-state index in [1.807, 2.05) is 0 Å². The van der Waals surface area contributed by atoms with Crippen LogP contribution in [0.25, 0.3) is 121 Å². The predicted octanol–water partition coefficient (Wildman–Crippen LogP) is 17.2. The van der Waals surface area contributed by atoms with Gasteiger partial charge >= 0.3 is 0 Å². The predicted molar refractivity (Wildman–Crippen MR) is 263 cm³/mol. The molecule has 0 amide bonds. The molecule has 1 aliphatic carbocycles. The average Bonchev–Trinajstić information content (AvgIpc) is 3.81. The van der Waals surface area contributed by atoms with Crippen LogP contribution in [0.3, 0.4) is 0 Å². The van der Waals surface area contributed by atoms with Crippen LogP contribution in [0.5, 0.6) is 0 Å². The van der Waals surface area contributed by atoms with E-state index in [0.717, 1.165) is 21.9 Å². The molecule has 1 nitrogen and oxygen atoms in total. The normalized spacial score (nSPS) is 13.1. The minimum Gasteiger partial charge on any atom is -0.456 e. The summed E-state index contributed by atoms with van der Waals surface area (Å²) in [5.41, 5.74) is 16.9. The lowest BCUT2D eigenvalue weighted by atomic mass is 9.79. The Labute approximate surface area is 360 Å². The molecule has 0 aliphatic heterocycles. The monoisotopic (exact) mass is 788 g/mol. The molecule has 62 heavy (non-hydrogen) atoms. The van der Waals surface area contributed by atoms with Gasteiger partial charge in [-0.2, -0.15) is 0 Å². The maximum absolute atomic E-state index is 6.58. The highest BCUT2D eigenvalue weighted by atomic mass is 16.3. The third-order valence-electron chi connectivity index (χ3n) is 13.8. The van der Waals surface area contributed by atoms with Crippen molar-refractivity contribution in [1.82, 2.24) is 0 Å². The summed E-state index contributed by atoms with van der Waals surface area (Å²) in [5.74, 6) is 0. The lowest BCUT2D eigenvalue weighted by molar-refractivity contribution is 0.666. The summed E-state index contributed by atoms with van der Waals surface area (Å²) < 4.78 is 6.58. The first-order valence-corrected chi connectivity index (χ1v) is 21.7. The van der Waals surface area contributed by atoms with Crippen molar-refractivity contribution in [2.24, 2.45) is 0 Å². The highest BCUT2D eigenvalue weighted by Gasteiger charge is 2.38. The Hall–Kier alpha value is -7.74. The minimum atomic E-state index is -0.133. The second-order valence-electron chi connectivity index (χ2n) is 17.5. The summed E-state index contributed by atoms with van der Waals surface area (Å²) in [6, 6.07) is 76.0. The molecule has 0 radical (unpaired) electrons. The zero-order valence-electron chi connectivity index (χ0n) is 34.5. The van der Waals surface area contributed by atoms with Gasteiger partial charge in [0.1, 0.15) is 11.2 Å². The van der Waals surface area contributed by atoms with E-state index in [-0.39, 0.29) is 5.41 Å². The molecule has 1 heteroatoms. The summed E-state index contributed by atoms with van der Waals surface area (Å²) >= 11 is 0. The van der Waals surface area contributed by atoms with Crippen molar-refractivity contribution >= 4 is 65.0 Å². The SMILES string of the molecule is CC1(C)c2ccc(-c3ccc4oc5ccc(-c6c7ccccc7c(-c7ccccc7-c7ccccc7)c7ccccc67)cc5c4c3)cc2-c2c1c1ccccc1c1ccccc21. The fourth-order valence-corrected chi connectivity index (χ4v) is 11.1. The van der Waals surface area contributed by atoms with E-state index in [9.17, 15) is 0 Å². The summed E-state index contributed by atoms with van der Waals surface area (Å²) in [6.45, 7) is 4.78. The van der Waals surface area contributed by atoms with Crippen LogP contribution in [0.15, 0.2) is 211 Å². The molecular formula is C61H40O. The number of hydrogen-bond donors (Lipinski definition) is 0. The van der Waals surface area contributed by atoms with Crippen LogP contribution in [-0.2, 0) is 5.41 Å². The van der Waals surface area contributed by atoms with Crippen LogP contribution < -0.4 is 0 Å². The van der Waals surface area contributed by atoms with E-state index in [1.54, 1.807) is 0 Å². The number of hydrogen-bond acceptors (Lipinski definition) is 1. The van der Waals surface area contributed by atoms with E-state index in [2.05, 4.69) is 220 Å². The molecule has 1 aliphatic rings. The van der Waals surface area contributed by atoms with Crippen LogP contribution in [-0.4, -0.2) is 0 Å². The van der Waals surface area contributed by atoms with E-state index in [0.29, 0.717) is 0 Å². The van der Waals surface area contributed by atoms with Crippen LogP contribution in [0, 0.1) is 0 Å². The Kier molecular flexibility index (Phi) is 7.42. The van der Waals surface area contributed by atoms with Gasteiger partial charge in [-0.1, -0.05) is 190 Å². The van der Waals surface area contributed by atoms with Crippen LogP contribution in [0.2, 0.25) is 0 Å². The number of rotatable bonds is 4. The van der Waals surface area contributed by atoms with Crippen molar-refractivity contribution < 1.29 is 4.42 Å². The van der Waals surface area contributed by atoms with Crippen LogP contribution in [0.4, 0.5) is 0 Å². The highest BCUT2D eigenvalue weighted by molar-refractivity contribution is 6.23. The van der Waals surface area contributed by atoms with Gasteiger partial charge in [-0.25, -0.2) is 0 Å². The maximum atomic E-state index is 6.58. The summed E-state index contributed by atoms with van der Waals surface area (Å²) in [7, 11) is 0. The molecule has 0 fully saturated rings. The summed E-state index contributed by atoms with van der Waals surface area (Å²) in [6.07, 6.45) is 0. The summed E-state index contributed by atoms with van der Waals surface area (Å²) in [4.78, 5) is 0. The highest BCUT2D eigenvalue weighted by Crippen LogP contribution is 2.55. The number of benzene rings is 11. The maximum Gasteiger partial charge on any atom is 0.135 e. The Morgan fingerprint density at radius 2 is 0.742 bits per heavy atom. The number of fused-ring (bicyclic) bond motifs is 13. The van der Waals surface area contributed by atoms with Crippen molar-refractivity contribution in [3.05, 3.63) is 217 Å². The van der Waals surface area contributed by atoms with Gasteiger partial charge in [-0.05, 0) is 140 Å². The fraction of sp³-hybridized carbons (Fsp3) is 0.0492. The first kappa shape index (κ1) is 35.1. The Bertz CT molecular complexity index is 3770. The first-order valence-electron chi connectivity index (χ1n) is 21.7. The Morgan fingerprint density at radius 1 is 0.290 bits per heavy atom. The molecule has 0 spiro atoms. The average molecular weight is 789 g/mol. The van der Waals surface area contributed by atoms with Gasteiger partial charge in [0.15, 0.2) is 0 Å². The largest absolute Gasteiger partial charge is 0.456 e. The molecule has 0 N–H and O–H groups in total. The van der Waals surface area contributed by atoms with Gasteiger partial charge in [0.2, 0.25) is 0 Å². The van der Waals surface area contributed by atoms with Gasteiger partial charge < -0.3 is 4.42 Å². The van der Waals surface area contributed by atoms with Gasteiger partial charge in [0.25, 0.3) is 0 Å². The lowest BCUT2D eigenvalue weighted by Crippen LogP contribution is -2.15. The van der Waals surface area contributed by atoms with Gasteiger partial charge in [-0.15, -0.1) is 0 Å². The standard InChI is InChI=1S/C61H40O/c1-61(2)54-31-28-38(35-53(54)59-45-22-10-7-19-42(45)43-20-8-15-27-50(43)60(59)61)39-29-32-55-51(34-39)52-36-40(30-33-56(52)62-55)57-46-23-11-13-25-48(46)58(49-26-14-12-24-47(49)57)44-21-9-6-18-41(44)37-16-4-3-5-17-37/h3-36H,1-2H3. The topological polar surface area (TPSA) is 13.1 Å². The van der Waals surface area contributed by atoms with Crippen molar-refractivity contribution in [2.45, 2.75) is 19.3 Å². The third-order valence-corrected chi connectivity index (χ3v) is 13.8. The molecule has 290 valence electrons. The molecule has 0 atom stereocenters. The van der Waals surface area contributed by atoms with Gasteiger partial charge in [0.05, 0.1) is 0 Å². The molecule has 11 aromatic carbocycles. The van der Waals surface area contributed by atoms with Crippen molar-refractivity contribution in [1.29, 1.82) is 0 Å². The van der Waals surface area contributed by atoms with Crippen LogP contribution in [0.1, 0.15) is 25.0 Å². The molecule has 1 aromatic heterocycles. The minimum absolute atomic E-state index is 0.133. The zero-order chi connectivity index (χ0) is 41.1. The molecule has 13 rings (SSSR count). The molecule has 12 aromatic rings. The molecule has 1 heterocycles. The Balaban J connectivity index is 0.994. The van der Waals surface area contributed by atoms with Crippen LogP contribution >= 0.6 is 0 Å². The molecule has 0 bridgehead atoms. The summed E-state index contributed by atoms with van der Waals surface area (Å²) in [5, 5.41) is 12.5. The lowest BCUT2D eigenvalue weighted by Gasteiger charge is -2.24. The quantitative estimate of drug-likeness (QED) is 0.128. The van der Waals surface area contributed by atoms with E-state index >= 15 is 0 Å². The molecule has 0 saturated heterocycles. The molecular weight excluding hydrogens is 749 g/mol. The van der Waals surface area contributed by atoms with Crippen molar-refractivity contribution in [3.63, 3.8) is 0 Å². The van der Waals surface area contributed by atoms with E-state index in [1.165, 1.54) is 110 Å². The second-order valence-corrected chi connectivity index (χ2v) is 17.5. The molecule has 0 saturated carbocycles. The fourth-order valence-electron chi connectivity index (χ4n) is 11.1. The zero-order valence-corrected chi connectivity index (χ0v) is 34.5. The van der Waals surface area contributed by atoms with E-state index in [4.69, 9.17) is 4.42 Å². The second kappa shape index (κ2) is 13.1. The van der Waals surface area contributed by atoms with Gasteiger partial charge in [-0.3, -0.25) is 0 Å². The number of furan rings is 1. The van der Waals surface area contributed by atoms with Gasteiger partial charge in [0, 0.05) is 16.2 Å². The first-order chi connectivity index (χ1) is 30.5. The smallest absolute Gasteiger partial charge is 0.135 e. The Morgan fingerprint density at radius 3 is 1.39 bits per heavy atom. The third kappa shape index (κ3) is 4.97.